The number of benzene rings is 1. The molecule has 1 atom stereocenters. The van der Waals surface area contributed by atoms with Crippen molar-refractivity contribution in [2.24, 2.45) is 16.5 Å². The topological polar surface area (TPSA) is 166 Å². The summed E-state index contributed by atoms with van der Waals surface area (Å²) >= 11 is 0. The monoisotopic (exact) mass is 336 g/mol. The molecule has 6 N–H and O–H groups in total. The highest BCUT2D eigenvalue weighted by molar-refractivity contribution is 5.97. The number of aliphatic imine (C=N–C) groups is 1. The quantitative estimate of drug-likeness (QED) is 0.173. The van der Waals surface area contributed by atoms with E-state index in [4.69, 9.17) is 11.5 Å². The second-order valence-electron chi connectivity index (χ2n) is 5.00. The second kappa shape index (κ2) is 9.08. The van der Waals surface area contributed by atoms with E-state index in [1.165, 1.54) is 31.2 Å². The highest BCUT2D eigenvalue weighted by atomic mass is 16.6. The molecule has 0 heterocycles. The van der Waals surface area contributed by atoms with Crippen LogP contribution in [0.2, 0.25) is 0 Å². The van der Waals surface area contributed by atoms with E-state index < -0.39 is 16.9 Å². The number of amides is 2. The molecule has 1 aromatic carbocycles. The summed E-state index contributed by atoms with van der Waals surface area (Å²) in [7, 11) is 0. The molecule has 0 aliphatic carbocycles. The molecule has 130 valence electrons. The molecule has 24 heavy (non-hydrogen) atoms. The summed E-state index contributed by atoms with van der Waals surface area (Å²) in [6.45, 7) is 1.64. The Bertz CT molecular complexity index is 625. The van der Waals surface area contributed by atoms with Crippen LogP contribution in [0.5, 0.6) is 0 Å². The lowest BCUT2D eigenvalue weighted by Crippen LogP contribution is -2.43. The number of hydrogen-bond donors (Lipinski definition) is 4. The Kier molecular flexibility index (Phi) is 7.14. The molecular weight excluding hydrogens is 316 g/mol. The predicted octanol–water partition coefficient (Wildman–Crippen LogP) is 0.0916. The lowest BCUT2D eigenvalue weighted by Gasteiger charge is -2.17. The normalized spacial score (nSPS) is 11.2. The van der Waals surface area contributed by atoms with Gasteiger partial charge >= 0.3 is 0 Å². The average Bonchev–Trinajstić information content (AvgIpc) is 2.50. The van der Waals surface area contributed by atoms with Gasteiger partial charge in [-0.15, -0.1) is 0 Å². The van der Waals surface area contributed by atoms with Crippen molar-refractivity contribution in [3.63, 3.8) is 0 Å². The number of nitro groups is 1. The zero-order chi connectivity index (χ0) is 18.1. The molecule has 2 amide bonds. The van der Waals surface area contributed by atoms with E-state index in [2.05, 4.69) is 15.6 Å². The summed E-state index contributed by atoms with van der Waals surface area (Å²) in [6.07, 6.45) is 0.839. The molecule has 0 bridgehead atoms. The predicted molar refractivity (Wildman–Crippen MR) is 89.2 cm³/mol. The maximum Gasteiger partial charge on any atom is 0.269 e. The number of carbonyl (C=O) groups excluding carboxylic acids is 2. The standard InChI is InChI=1S/C14H20N6O4/c1-9(21)18-12(3-2-8-17-14(15)16)13(22)19-10-4-6-11(7-5-10)20(23)24/h4-7,12H,2-3,8H2,1H3,(H,18,21)(H,19,22)(H4,15,16,17)/t12-/m0/s1. The first-order valence-corrected chi connectivity index (χ1v) is 7.17. The number of hydrogen-bond acceptors (Lipinski definition) is 5. The Morgan fingerprint density at radius 2 is 1.92 bits per heavy atom. The van der Waals surface area contributed by atoms with Gasteiger partial charge in [-0.1, -0.05) is 0 Å². The highest BCUT2D eigenvalue weighted by Gasteiger charge is 2.19. The maximum absolute atomic E-state index is 12.3. The molecule has 0 saturated heterocycles. The van der Waals surface area contributed by atoms with Crippen LogP contribution in [0.25, 0.3) is 0 Å². The number of anilines is 1. The van der Waals surface area contributed by atoms with Crippen molar-refractivity contribution in [3.8, 4) is 0 Å². The van der Waals surface area contributed by atoms with Gasteiger partial charge in [0.25, 0.3) is 5.69 Å². The van der Waals surface area contributed by atoms with Crippen LogP contribution in [-0.4, -0.2) is 35.3 Å². The van der Waals surface area contributed by atoms with E-state index in [1.54, 1.807) is 0 Å². The van der Waals surface area contributed by atoms with Gasteiger partial charge in [-0.25, -0.2) is 0 Å². The summed E-state index contributed by atoms with van der Waals surface area (Å²) < 4.78 is 0. The third-order valence-corrected chi connectivity index (χ3v) is 2.98. The minimum Gasteiger partial charge on any atom is -0.370 e. The number of nitrogens with two attached hydrogens (primary N) is 2. The van der Waals surface area contributed by atoms with Gasteiger partial charge in [0, 0.05) is 31.3 Å². The van der Waals surface area contributed by atoms with Crippen molar-refractivity contribution < 1.29 is 14.5 Å². The zero-order valence-electron chi connectivity index (χ0n) is 13.2. The molecular formula is C14H20N6O4. The molecule has 0 saturated carbocycles. The van der Waals surface area contributed by atoms with Gasteiger partial charge in [0.15, 0.2) is 5.96 Å². The number of non-ortho nitro benzene ring substituents is 1. The number of nitrogens with one attached hydrogen (secondary N) is 2. The molecule has 0 aliphatic rings. The Balaban J connectivity index is 2.67. The molecule has 1 aromatic rings. The number of guanidine groups is 1. The number of nitrogens with zero attached hydrogens (tertiary/aromatic N) is 2. The molecule has 0 aliphatic heterocycles. The van der Waals surface area contributed by atoms with Gasteiger partial charge < -0.3 is 22.1 Å². The summed E-state index contributed by atoms with van der Waals surface area (Å²) in [5, 5.41) is 15.8. The third-order valence-electron chi connectivity index (χ3n) is 2.98. The molecule has 0 radical (unpaired) electrons. The van der Waals surface area contributed by atoms with Crippen LogP contribution in [0.1, 0.15) is 19.8 Å². The van der Waals surface area contributed by atoms with Crippen LogP contribution in [0.4, 0.5) is 11.4 Å². The van der Waals surface area contributed by atoms with Crippen LogP contribution < -0.4 is 22.1 Å². The zero-order valence-corrected chi connectivity index (χ0v) is 13.2. The van der Waals surface area contributed by atoms with Crippen molar-refractivity contribution in [1.82, 2.24) is 5.32 Å². The molecule has 0 unspecified atom stereocenters. The minimum absolute atomic E-state index is 0.0404. The summed E-state index contributed by atoms with van der Waals surface area (Å²) in [6, 6.07) is 4.64. The van der Waals surface area contributed by atoms with E-state index in [1.807, 2.05) is 0 Å². The second-order valence-corrected chi connectivity index (χ2v) is 5.00. The molecule has 0 fully saturated rings. The van der Waals surface area contributed by atoms with E-state index in [9.17, 15) is 19.7 Å². The Hall–Kier alpha value is -3.17. The van der Waals surface area contributed by atoms with Crippen LogP contribution in [0.15, 0.2) is 29.3 Å². The van der Waals surface area contributed by atoms with Gasteiger partial charge in [0.05, 0.1) is 4.92 Å². The first kappa shape index (κ1) is 18.9. The Labute approximate surface area is 138 Å². The van der Waals surface area contributed by atoms with Gasteiger partial charge in [0.1, 0.15) is 6.04 Å². The lowest BCUT2D eigenvalue weighted by atomic mass is 10.1. The number of nitro benzene ring substituents is 1. The van der Waals surface area contributed by atoms with Crippen molar-refractivity contribution in [2.45, 2.75) is 25.8 Å². The summed E-state index contributed by atoms with van der Waals surface area (Å²) in [5.41, 5.74) is 10.7. The van der Waals surface area contributed by atoms with E-state index in [0.29, 0.717) is 25.1 Å². The lowest BCUT2D eigenvalue weighted by molar-refractivity contribution is -0.384. The summed E-state index contributed by atoms with van der Waals surface area (Å²) in [4.78, 5) is 37.4. The molecule has 0 spiro atoms. The van der Waals surface area contributed by atoms with E-state index in [-0.39, 0.29) is 17.6 Å². The van der Waals surface area contributed by atoms with Gasteiger partial charge in [0.2, 0.25) is 11.8 Å². The summed E-state index contributed by atoms with van der Waals surface area (Å²) in [5.74, 6) is -0.814. The highest BCUT2D eigenvalue weighted by Crippen LogP contribution is 2.16. The fourth-order valence-electron chi connectivity index (χ4n) is 1.91. The molecule has 1 rings (SSSR count). The fourth-order valence-corrected chi connectivity index (χ4v) is 1.91. The maximum atomic E-state index is 12.3. The van der Waals surface area contributed by atoms with Gasteiger partial charge in [-0.05, 0) is 25.0 Å². The third kappa shape index (κ3) is 6.73. The molecule has 10 nitrogen and oxygen atoms in total. The van der Waals surface area contributed by atoms with Crippen molar-refractivity contribution in [3.05, 3.63) is 34.4 Å². The smallest absolute Gasteiger partial charge is 0.269 e. The molecule has 0 aromatic heterocycles. The van der Waals surface area contributed by atoms with E-state index >= 15 is 0 Å². The van der Waals surface area contributed by atoms with Crippen molar-refractivity contribution in [2.75, 3.05) is 11.9 Å². The van der Waals surface area contributed by atoms with Crippen molar-refractivity contribution >= 4 is 29.1 Å². The van der Waals surface area contributed by atoms with Crippen molar-refractivity contribution in [1.29, 1.82) is 0 Å². The molecule has 10 heteroatoms. The average molecular weight is 336 g/mol. The number of carbonyl (C=O) groups is 2. The van der Waals surface area contributed by atoms with Crippen LogP contribution in [-0.2, 0) is 9.59 Å². The van der Waals surface area contributed by atoms with Gasteiger partial charge in [-0.3, -0.25) is 24.7 Å². The Morgan fingerprint density at radius 3 is 2.42 bits per heavy atom. The van der Waals surface area contributed by atoms with E-state index in [0.717, 1.165) is 0 Å². The van der Waals surface area contributed by atoms with Crippen LogP contribution >= 0.6 is 0 Å². The van der Waals surface area contributed by atoms with Gasteiger partial charge in [-0.2, -0.15) is 0 Å². The Morgan fingerprint density at radius 1 is 1.29 bits per heavy atom. The minimum atomic E-state index is -0.758. The largest absolute Gasteiger partial charge is 0.370 e. The van der Waals surface area contributed by atoms with Crippen LogP contribution in [0, 0.1) is 10.1 Å². The first-order chi connectivity index (χ1) is 11.3. The first-order valence-electron chi connectivity index (χ1n) is 7.17. The SMILES string of the molecule is CC(=O)N[C@@H](CCCN=C(N)N)C(=O)Nc1ccc([N+](=O)[O-])cc1. The fraction of sp³-hybridized carbons (Fsp3) is 0.357. The number of rotatable bonds is 8. The van der Waals surface area contributed by atoms with Crippen LogP contribution in [0.3, 0.4) is 0 Å².